The largest absolute Gasteiger partial charge is 0.454 e. The second-order valence-corrected chi connectivity index (χ2v) is 4.60. The molecule has 0 saturated heterocycles. The van der Waals surface area contributed by atoms with Gasteiger partial charge in [0.15, 0.2) is 0 Å². The van der Waals surface area contributed by atoms with Gasteiger partial charge in [0.05, 0.1) is 11.0 Å². The summed E-state index contributed by atoms with van der Waals surface area (Å²) in [5, 5.41) is 7.55. The van der Waals surface area contributed by atoms with E-state index in [0.29, 0.717) is 0 Å². The predicted molar refractivity (Wildman–Crippen MR) is 78.6 cm³/mol. The second kappa shape index (κ2) is 33.6. The fraction of sp³-hybridized carbons (Fsp3) is 0.600. The normalized spacial score (nSPS) is 7.85. The van der Waals surface area contributed by atoms with E-state index in [0.717, 1.165) is 0 Å². The summed E-state index contributed by atoms with van der Waals surface area (Å²) in [7, 11) is -13.7. The van der Waals surface area contributed by atoms with Crippen LogP contribution >= 0.6 is 0 Å². The third-order valence-corrected chi connectivity index (χ3v) is 1.94. The smallest absolute Gasteiger partial charge is 0.412 e. The zero-order valence-electron chi connectivity index (χ0n) is 12.5. The van der Waals surface area contributed by atoms with Crippen molar-refractivity contribution in [2.75, 3.05) is 0 Å². The van der Waals surface area contributed by atoms with Gasteiger partial charge in [-0.15, -0.1) is 11.8 Å². The Morgan fingerprint density at radius 3 is 1.26 bits per heavy atom. The van der Waals surface area contributed by atoms with Gasteiger partial charge >= 0.3 is 20.8 Å². The summed E-state index contributed by atoms with van der Waals surface area (Å²) < 4.78 is 74.7. The van der Waals surface area contributed by atoms with E-state index in [1.165, 1.54) is 0 Å². The molecule has 17 nitrogen and oxygen atoms in total. The van der Waals surface area contributed by atoms with Crippen molar-refractivity contribution in [3.8, 4) is 11.8 Å². The van der Waals surface area contributed by atoms with Crippen molar-refractivity contribution in [3.63, 3.8) is 0 Å². The van der Waals surface area contributed by atoms with Crippen molar-refractivity contribution in [3.05, 3.63) is 0 Å². The summed E-state index contributed by atoms with van der Waals surface area (Å²) in [4.78, 5) is 0. The molecule has 0 saturated carbocycles. The van der Waals surface area contributed by atoms with Gasteiger partial charge in [-0.05, 0) is 13.8 Å². The molecule has 0 rings (SSSR count). The van der Waals surface area contributed by atoms with Crippen molar-refractivity contribution in [2.24, 2.45) is 0 Å². The molecule has 0 aliphatic rings. The molecule has 0 radical (unpaired) electrons. The minimum atomic E-state index is -5.23. The minimum Gasteiger partial charge on any atom is -0.412 e. The van der Waals surface area contributed by atoms with E-state index in [1.807, 2.05) is 13.8 Å². The van der Waals surface area contributed by atoms with Gasteiger partial charge in [-0.2, -0.15) is 16.8 Å². The van der Waals surface area contributed by atoms with Gasteiger partial charge in [0.25, 0.3) is 0 Å². The molecule has 0 aromatic carbocycles. The maximum absolute atomic E-state index is 10.3. The average molecular weight is 553 g/mol. The van der Waals surface area contributed by atoms with Gasteiger partial charge in [-0.3, -0.25) is 4.33 Å². The number of hydrogen-bond donors (Lipinski definition) is 1. The van der Waals surface area contributed by atoms with Crippen LogP contribution in [0.2, 0.25) is 0 Å². The van der Waals surface area contributed by atoms with Crippen molar-refractivity contribution in [1.82, 2.24) is 0 Å². The number of hydrogen-bond acceptors (Lipinski definition) is 13. The molecule has 0 aromatic rings. The Labute approximate surface area is 178 Å². The molecule has 22 heteroatoms. The summed E-state index contributed by atoms with van der Waals surface area (Å²) >= 11 is 0. The molecular formula is C5H21Cr2O17S3-. The van der Waals surface area contributed by atoms with Crippen LogP contribution in [0.1, 0.15) is 21.3 Å². The molecule has 0 heterocycles. The summed E-state index contributed by atoms with van der Waals surface area (Å²) in [5.74, 6) is 5.36. The molecular weight excluding hydrogens is 532 g/mol. The zero-order valence-corrected chi connectivity index (χ0v) is 17.5. The van der Waals surface area contributed by atoms with Crippen molar-refractivity contribution in [1.29, 1.82) is 0 Å². The standard InChI is InChI=1S/C4H6.CH4.2Cr.HO12S3.5H2O/c1-3-4-2;;;;1-8-14(4,5)11-12-15(6,7)10-9-13(2)3;;;;;/h1-2H3;1H4;;;1H;5*1H2/q;;;;-1;;;;;. The van der Waals surface area contributed by atoms with E-state index in [1.54, 1.807) is 0 Å². The Kier molecular flexibility index (Phi) is 78.6. The quantitative estimate of drug-likeness (QED) is 0.135. The van der Waals surface area contributed by atoms with E-state index in [9.17, 15) is 25.3 Å². The molecule has 0 aliphatic heterocycles. The molecule has 0 aromatic heterocycles. The fourth-order valence-corrected chi connectivity index (χ4v) is 1.19. The zero-order chi connectivity index (χ0) is 15.5. The van der Waals surface area contributed by atoms with E-state index < -0.39 is 31.8 Å². The van der Waals surface area contributed by atoms with Gasteiger partial charge < -0.3 is 35.8 Å². The Bertz CT molecular complexity index is 572. The SMILES string of the molecule is C.CC#CC.O.O.O.O.O.O=[S-](=O)OOS(=O)(=O)OOS(=O)(=O)OO.[Cr].[Cr]. The number of rotatable bonds is 7. The summed E-state index contributed by atoms with van der Waals surface area (Å²) in [6.45, 7) is 3.64. The first-order valence-electron chi connectivity index (χ1n) is 3.60. The molecule has 174 valence electrons. The van der Waals surface area contributed by atoms with Gasteiger partial charge in [-0.1, -0.05) is 24.8 Å². The Balaban J connectivity index is -0.0000000276. The van der Waals surface area contributed by atoms with Crippen LogP contribution in [-0.4, -0.2) is 49.5 Å². The van der Waals surface area contributed by atoms with Gasteiger partial charge in [-0.25, -0.2) is 5.26 Å². The van der Waals surface area contributed by atoms with Crippen LogP contribution in [-0.2, 0) is 96.6 Å². The van der Waals surface area contributed by atoms with E-state index >= 15 is 0 Å². The molecule has 0 fully saturated rings. The molecule has 0 bridgehead atoms. The van der Waals surface area contributed by atoms with Gasteiger partial charge in [0, 0.05) is 34.7 Å². The molecule has 0 unspecified atom stereocenters. The summed E-state index contributed by atoms with van der Waals surface area (Å²) in [6, 6.07) is 0. The summed E-state index contributed by atoms with van der Waals surface area (Å²) in [6.07, 6.45) is 0. The van der Waals surface area contributed by atoms with Crippen LogP contribution in [0.3, 0.4) is 0 Å². The average Bonchev–Trinajstić information content (AvgIpc) is 2.35. The summed E-state index contributed by atoms with van der Waals surface area (Å²) in [5.41, 5.74) is 0. The van der Waals surface area contributed by atoms with Crippen LogP contribution in [0.25, 0.3) is 0 Å². The Hall–Kier alpha value is 0.0349. The van der Waals surface area contributed by atoms with Crippen LogP contribution in [0.5, 0.6) is 0 Å². The first-order chi connectivity index (χ1) is 8.60. The van der Waals surface area contributed by atoms with E-state index in [4.69, 9.17) is 5.26 Å². The third-order valence-electron chi connectivity index (χ3n) is 0.702. The van der Waals surface area contributed by atoms with Crippen LogP contribution in [0.15, 0.2) is 0 Å². The van der Waals surface area contributed by atoms with Crippen molar-refractivity contribution >= 4 is 31.8 Å². The van der Waals surface area contributed by atoms with E-state index in [2.05, 4.69) is 33.5 Å². The van der Waals surface area contributed by atoms with Crippen LogP contribution in [0, 0.1) is 11.8 Å². The van der Waals surface area contributed by atoms with Gasteiger partial charge in [0.2, 0.25) is 0 Å². The molecule has 11 N–H and O–H groups in total. The topological polar surface area (TPSA) is 326 Å². The fourth-order valence-electron chi connectivity index (χ4n) is 0.149. The first kappa shape index (κ1) is 63.1. The third kappa shape index (κ3) is 51.8. The molecule has 0 aliphatic carbocycles. The van der Waals surface area contributed by atoms with Crippen LogP contribution in [0.4, 0.5) is 0 Å². The van der Waals surface area contributed by atoms with Crippen molar-refractivity contribution in [2.45, 2.75) is 21.3 Å². The monoisotopic (exact) mass is 553 g/mol. The minimum absolute atomic E-state index is 0. The van der Waals surface area contributed by atoms with Crippen molar-refractivity contribution < 1.29 is 114 Å². The predicted octanol–water partition coefficient (Wildman–Crippen LogP) is -4.38. The van der Waals surface area contributed by atoms with Crippen LogP contribution < -0.4 is 0 Å². The first-order valence-corrected chi connectivity index (χ1v) is 7.27. The molecule has 0 atom stereocenters. The maximum Gasteiger partial charge on any atom is 0.454 e. The Morgan fingerprint density at radius 1 is 0.741 bits per heavy atom. The second-order valence-electron chi connectivity index (χ2n) is 1.87. The molecule has 0 spiro atoms. The molecule has 0 amide bonds. The Morgan fingerprint density at radius 2 is 1.04 bits per heavy atom. The molecule has 27 heavy (non-hydrogen) atoms. The van der Waals surface area contributed by atoms with Gasteiger partial charge in [0.1, 0.15) is 0 Å². The maximum atomic E-state index is 10.3. The van der Waals surface area contributed by atoms with E-state index in [-0.39, 0.29) is 69.5 Å².